The monoisotopic (exact) mass is 678 g/mol. The molecule has 14 heteroatoms. The molecule has 2 heterocycles. The summed E-state index contributed by atoms with van der Waals surface area (Å²) in [5.74, 6) is 0. The molecule has 0 N–H and O–H groups in total. The van der Waals surface area contributed by atoms with Crippen molar-refractivity contribution in [3.63, 3.8) is 0 Å². The maximum absolute atomic E-state index is 13.9. The van der Waals surface area contributed by atoms with Crippen molar-refractivity contribution in [2.75, 3.05) is 39.4 Å². The first-order chi connectivity index (χ1) is 21.4. The highest BCUT2D eigenvalue weighted by Crippen LogP contribution is 2.52. The molecule has 2 aromatic carbocycles. The van der Waals surface area contributed by atoms with Gasteiger partial charge in [-0.05, 0) is 76.9 Å². The lowest BCUT2D eigenvalue weighted by Gasteiger charge is -2.31. The van der Waals surface area contributed by atoms with Crippen LogP contribution in [0.2, 0.25) is 0 Å². The van der Waals surface area contributed by atoms with Crippen molar-refractivity contribution in [3.05, 3.63) is 89.2 Å². The van der Waals surface area contributed by atoms with Gasteiger partial charge in [-0.1, -0.05) is 41.5 Å². The van der Waals surface area contributed by atoms with Crippen molar-refractivity contribution in [1.29, 1.82) is 0 Å². The van der Waals surface area contributed by atoms with E-state index in [0.29, 0.717) is 24.2 Å². The van der Waals surface area contributed by atoms with Crippen LogP contribution in [0.25, 0.3) is 0 Å². The molecule has 0 aliphatic carbocycles. The van der Waals surface area contributed by atoms with E-state index in [0.717, 1.165) is 11.1 Å². The molecule has 0 atom stereocenters. The summed E-state index contributed by atoms with van der Waals surface area (Å²) in [5.41, 5.74) is 2.85. The molecule has 0 radical (unpaired) electrons. The Morgan fingerprint density at radius 2 is 1.07 bits per heavy atom. The number of aryl methyl sites for hydroxylation is 2. The molecule has 0 saturated carbocycles. The summed E-state index contributed by atoms with van der Waals surface area (Å²) in [6.07, 6.45) is 0.639. The maximum Gasteiger partial charge on any atom is 0.408 e. The number of rotatable bonds is 9. The van der Waals surface area contributed by atoms with Crippen LogP contribution in [-0.2, 0) is 46.7 Å². The lowest BCUT2D eigenvalue weighted by atomic mass is 10.2. The summed E-state index contributed by atoms with van der Waals surface area (Å²) in [6, 6.07) is 18.6. The maximum atomic E-state index is 13.9. The van der Waals surface area contributed by atoms with Gasteiger partial charge in [0.25, 0.3) is 0 Å². The summed E-state index contributed by atoms with van der Waals surface area (Å²) in [5, 5.41) is 0. The normalized spacial score (nSPS) is 17.2. The second kappa shape index (κ2) is 15.4. The third-order valence-electron chi connectivity index (χ3n) is 7.44. The van der Waals surface area contributed by atoms with Gasteiger partial charge in [-0.15, -0.1) is 0 Å². The molecule has 3 aromatic rings. The van der Waals surface area contributed by atoms with Crippen LogP contribution < -0.4 is 0 Å². The Balaban J connectivity index is 1.75. The number of hydrogen-bond acceptors (Lipinski definition) is 8. The van der Waals surface area contributed by atoms with Crippen molar-refractivity contribution in [2.24, 2.45) is 0 Å². The summed E-state index contributed by atoms with van der Waals surface area (Å²) >= 11 is 0. The number of sulfonamides is 2. The first-order valence-electron chi connectivity index (χ1n) is 15.1. The van der Waals surface area contributed by atoms with Crippen LogP contribution in [0.1, 0.15) is 49.2 Å². The van der Waals surface area contributed by atoms with Crippen LogP contribution in [0.4, 0.5) is 0 Å². The molecular weight excluding hydrogens is 635 g/mol. The Labute approximate surface area is 267 Å². The van der Waals surface area contributed by atoms with Gasteiger partial charge in [-0.25, -0.2) is 26.1 Å². The van der Waals surface area contributed by atoms with Gasteiger partial charge < -0.3 is 0 Å². The number of fused-ring (bicyclic) bond motifs is 2. The summed E-state index contributed by atoms with van der Waals surface area (Å²) in [4.78, 5) is 5.02. The van der Waals surface area contributed by atoms with Crippen molar-refractivity contribution >= 4 is 27.8 Å². The van der Waals surface area contributed by atoms with E-state index in [4.69, 9.17) is 14.0 Å². The minimum atomic E-state index is -3.92. The molecule has 1 aliphatic heterocycles. The standard InChI is InChI=1S/C31H43N4O7PS2/c1-5-41-43(36,42-6-2)33-20-8-22-34(44(37,38)30-16-12-26(3)13-17-30)24-28-10-7-11-29(32-28)25-35(23-9-21-33)45(39,40)31-18-14-27(4)15-19-31/h7,10-19H,5-6,8-9,20-25H2,1-4H3. The Morgan fingerprint density at radius 3 is 1.44 bits per heavy atom. The van der Waals surface area contributed by atoms with E-state index in [1.165, 1.54) is 8.61 Å². The van der Waals surface area contributed by atoms with E-state index in [1.54, 1.807) is 85.2 Å². The smallest absolute Gasteiger partial charge is 0.297 e. The third kappa shape index (κ3) is 8.87. The van der Waals surface area contributed by atoms with Crippen LogP contribution in [-0.4, -0.2) is 74.5 Å². The lowest BCUT2D eigenvalue weighted by Crippen LogP contribution is -2.37. The summed E-state index contributed by atoms with van der Waals surface area (Å²) < 4.78 is 85.0. The molecule has 0 unspecified atom stereocenters. The van der Waals surface area contributed by atoms with E-state index in [1.807, 2.05) is 13.8 Å². The minimum absolute atomic E-state index is 0.0245. The Morgan fingerprint density at radius 1 is 0.667 bits per heavy atom. The van der Waals surface area contributed by atoms with Crippen molar-refractivity contribution < 1.29 is 30.4 Å². The fourth-order valence-corrected chi connectivity index (χ4v) is 9.82. The molecule has 45 heavy (non-hydrogen) atoms. The van der Waals surface area contributed by atoms with E-state index < -0.39 is 27.8 Å². The Kier molecular flexibility index (Phi) is 12.1. The molecule has 11 nitrogen and oxygen atoms in total. The summed E-state index contributed by atoms with van der Waals surface area (Å²) in [6.45, 7) is 8.14. The average molecular weight is 679 g/mol. The highest BCUT2D eigenvalue weighted by Gasteiger charge is 2.34. The highest BCUT2D eigenvalue weighted by molar-refractivity contribution is 7.89. The zero-order chi connectivity index (χ0) is 32.7. The quantitative estimate of drug-likeness (QED) is 0.275. The molecule has 1 aliphatic rings. The fraction of sp³-hybridized carbons (Fsp3) is 0.452. The second-order valence-electron chi connectivity index (χ2n) is 10.9. The van der Waals surface area contributed by atoms with Crippen LogP contribution in [0.15, 0.2) is 76.5 Å². The SMILES string of the molecule is CCOP(=O)(OCC)N1CCCN(S(=O)(=O)c2ccc(C)cc2)Cc2cccc(n2)CN(S(=O)(=O)c2ccc(C)cc2)CCC1. The molecule has 0 amide bonds. The number of pyridine rings is 1. The van der Waals surface area contributed by atoms with Crippen LogP contribution in [0, 0.1) is 13.8 Å². The Hall–Kier alpha value is -2.48. The lowest BCUT2D eigenvalue weighted by molar-refractivity contribution is 0.163. The van der Waals surface area contributed by atoms with Gasteiger partial charge in [0, 0.05) is 26.2 Å². The number of nitrogens with zero attached hydrogens (tertiary/aromatic N) is 4. The van der Waals surface area contributed by atoms with Crippen LogP contribution in [0.3, 0.4) is 0 Å². The fourth-order valence-electron chi connectivity index (χ4n) is 5.10. The van der Waals surface area contributed by atoms with E-state index >= 15 is 0 Å². The van der Waals surface area contributed by atoms with Gasteiger partial charge in [-0.3, -0.25) is 14.0 Å². The van der Waals surface area contributed by atoms with Gasteiger partial charge in [0.2, 0.25) is 20.0 Å². The second-order valence-corrected chi connectivity index (χ2v) is 16.8. The predicted molar refractivity (Wildman–Crippen MR) is 173 cm³/mol. The molecule has 2 bridgehead atoms. The average Bonchev–Trinajstić information content (AvgIpc) is 2.99. The van der Waals surface area contributed by atoms with Gasteiger partial charge in [0.05, 0.1) is 47.5 Å². The highest BCUT2D eigenvalue weighted by atomic mass is 32.2. The Bertz CT molecular complexity index is 1570. The van der Waals surface area contributed by atoms with Gasteiger partial charge in [-0.2, -0.15) is 8.61 Å². The number of benzene rings is 2. The van der Waals surface area contributed by atoms with E-state index in [2.05, 4.69) is 0 Å². The number of aromatic nitrogens is 1. The minimum Gasteiger partial charge on any atom is -0.297 e. The zero-order valence-corrected chi connectivity index (χ0v) is 28.9. The zero-order valence-electron chi connectivity index (χ0n) is 26.3. The van der Waals surface area contributed by atoms with Crippen LogP contribution in [0.5, 0.6) is 0 Å². The molecule has 0 saturated heterocycles. The predicted octanol–water partition coefficient (Wildman–Crippen LogP) is 5.36. The van der Waals surface area contributed by atoms with Crippen molar-refractivity contribution in [1.82, 2.24) is 18.3 Å². The first-order valence-corrected chi connectivity index (χ1v) is 19.5. The molecule has 0 fully saturated rings. The van der Waals surface area contributed by atoms with Gasteiger partial charge >= 0.3 is 7.75 Å². The van der Waals surface area contributed by atoms with Gasteiger partial charge in [0.1, 0.15) is 0 Å². The molecule has 4 rings (SSSR count). The van der Waals surface area contributed by atoms with Gasteiger partial charge in [0.15, 0.2) is 0 Å². The largest absolute Gasteiger partial charge is 0.408 e. The van der Waals surface area contributed by atoms with E-state index in [-0.39, 0.29) is 62.3 Å². The topological polar surface area (TPSA) is 126 Å². The molecule has 246 valence electrons. The molecular formula is C31H43N4O7PS2. The van der Waals surface area contributed by atoms with E-state index in [9.17, 15) is 21.4 Å². The number of hydrogen-bond donors (Lipinski definition) is 0. The molecule has 1 aromatic heterocycles. The third-order valence-corrected chi connectivity index (χ3v) is 13.4. The molecule has 0 spiro atoms. The van der Waals surface area contributed by atoms with Crippen LogP contribution >= 0.6 is 7.75 Å². The van der Waals surface area contributed by atoms with Crippen molar-refractivity contribution in [2.45, 2.75) is 63.4 Å². The van der Waals surface area contributed by atoms with Crippen molar-refractivity contribution in [3.8, 4) is 0 Å². The first kappa shape index (κ1) is 35.4. The summed E-state index contributed by atoms with van der Waals surface area (Å²) in [7, 11) is -11.6.